The molecule has 15 heavy (non-hydrogen) atoms. The Balaban J connectivity index is 2.29. The Morgan fingerprint density at radius 1 is 1.53 bits per heavy atom. The van der Waals surface area contributed by atoms with E-state index in [0.29, 0.717) is 17.7 Å². The Morgan fingerprint density at radius 3 is 3.00 bits per heavy atom. The van der Waals surface area contributed by atoms with Gasteiger partial charge >= 0.3 is 0 Å². The lowest BCUT2D eigenvalue weighted by Gasteiger charge is -2.10. The summed E-state index contributed by atoms with van der Waals surface area (Å²) in [6.45, 7) is 5.74. The third-order valence-electron chi connectivity index (χ3n) is 2.28. The summed E-state index contributed by atoms with van der Waals surface area (Å²) in [5.74, 6) is 0.616. The largest absolute Gasteiger partial charge is 0.376 e. The number of halogens is 1. The molecule has 1 unspecified atom stereocenters. The van der Waals surface area contributed by atoms with E-state index < -0.39 is 0 Å². The summed E-state index contributed by atoms with van der Waals surface area (Å²) >= 11 is 5.91. The smallest absolute Gasteiger partial charge is 0.134 e. The first-order valence-corrected chi connectivity index (χ1v) is 5.79. The summed E-state index contributed by atoms with van der Waals surface area (Å²) < 4.78 is 5.59. The van der Waals surface area contributed by atoms with Crippen molar-refractivity contribution in [3.8, 4) is 0 Å². The van der Waals surface area contributed by atoms with Crippen molar-refractivity contribution in [2.45, 2.75) is 33.3 Å². The quantitative estimate of drug-likeness (QED) is 0.692. The molecule has 0 aliphatic carbocycles. The van der Waals surface area contributed by atoms with Gasteiger partial charge in [0, 0.05) is 18.4 Å². The molecule has 0 saturated heterocycles. The summed E-state index contributed by atoms with van der Waals surface area (Å²) in [5.41, 5.74) is 0.961. The summed E-state index contributed by atoms with van der Waals surface area (Å²) in [4.78, 5) is 4.00. The molecule has 0 aliphatic heterocycles. The van der Waals surface area contributed by atoms with Crippen LogP contribution < -0.4 is 0 Å². The molecule has 3 heteroatoms. The molecule has 0 aromatic carbocycles. The lowest BCUT2D eigenvalue weighted by atomic mass is 10.1. The van der Waals surface area contributed by atoms with Gasteiger partial charge in [-0.2, -0.15) is 0 Å². The molecule has 0 bridgehead atoms. The van der Waals surface area contributed by atoms with Crippen molar-refractivity contribution in [1.29, 1.82) is 0 Å². The fraction of sp³-hybridized carbons (Fsp3) is 0.583. The fourth-order valence-corrected chi connectivity index (χ4v) is 1.65. The number of aromatic nitrogens is 1. The minimum atomic E-state index is 0.542. The predicted molar refractivity (Wildman–Crippen MR) is 63.0 cm³/mol. The van der Waals surface area contributed by atoms with Crippen molar-refractivity contribution in [3.05, 3.63) is 29.0 Å². The maximum atomic E-state index is 5.91. The molecule has 0 spiro atoms. The average molecular weight is 228 g/mol. The Hall–Kier alpha value is -0.600. The highest BCUT2D eigenvalue weighted by molar-refractivity contribution is 6.30. The molecule has 1 rings (SSSR count). The average Bonchev–Trinajstić information content (AvgIpc) is 2.21. The molecule has 0 N–H and O–H groups in total. The van der Waals surface area contributed by atoms with Crippen LogP contribution in [0.15, 0.2) is 18.3 Å². The van der Waals surface area contributed by atoms with Crippen LogP contribution in [-0.2, 0) is 11.3 Å². The van der Waals surface area contributed by atoms with Gasteiger partial charge in [0.05, 0.1) is 6.61 Å². The van der Waals surface area contributed by atoms with E-state index in [2.05, 4.69) is 18.8 Å². The first kappa shape index (κ1) is 12.5. The normalized spacial score (nSPS) is 12.7. The molecule has 0 fully saturated rings. The van der Waals surface area contributed by atoms with Gasteiger partial charge in [-0.3, -0.25) is 0 Å². The zero-order chi connectivity index (χ0) is 11.1. The van der Waals surface area contributed by atoms with Crippen LogP contribution in [-0.4, -0.2) is 11.6 Å². The molecule has 2 nitrogen and oxygen atoms in total. The van der Waals surface area contributed by atoms with E-state index in [9.17, 15) is 0 Å². The Labute approximate surface area is 96.6 Å². The van der Waals surface area contributed by atoms with Crippen LogP contribution in [0.25, 0.3) is 0 Å². The first-order chi connectivity index (χ1) is 7.24. The second-order valence-electron chi connectivity index (χ2n) is 3.86. The molecule has 1 aromatic rings. The van der Waals surface area contributed by atoms with E-state index in [0.717, 1.165) is 12.2 Å². The third-order valence-corrected chi connectivity index (χ3v) is 2.62. The van der Waals surface area contributed by atoms with Gasteiger partial charge in [0.15, 0.2) is 0 Å². The van der Waals surface area contributed by atoms with Crippen LogP contribution in [0.2, 0.25) is 5.15 Å². The Morgan fingerprint density at radius 2 is 2.33 bits per heavy atom. The monoisotopic (exact) mass is 227 g/mol. The number of ether oxygens (including phenoxy) is 1. The van der Waals surface area contributed by atoms with Crippen molar-refractivity contribution in [2.24, 2.45) is 5.92 Å². The van der Waals surface area contributed by atoms with Gasteiger partial charge in [-0.05, 0) is 18.4 Å². The van der Waals surface area contributed by atoms with E-state index in [1.165, 1.54) is 12.8 Å². The Kier molecular flexibility index (Phi) is 5.66. The van der Waals surface area contributed by atoms with E-state index in [4.69, 9.17) is 16.3 Å². The first-order valence-electron chi connectivity index (χ1n) is 5.41. The molecule has 84 valence electrons. The molecule has 1 atom stereocenters. The zero-order valence-corrected chi connectivity index (χ0v) is 10.1. The van der Waals surface area contributed by atoms with Crippen LogP contribution in [0.5, 0.6) is 0 Å². The molecule has 1 heterocycles. The van der Waals surface area contributed by atoms with Crippen LogP contribution in [0.3, 0.4) is 0 Å². The van der Waals surface area contributed by atoms with Crippen molar-refractivity contribution in [2.75, 3.05) is 6.61 Å². The van der Waals surface area contributed by atoms with Crippen LogP contribution in [0.4, 0.5) is 0 Å². The predicted octanol–water partition coefficient (Wildman–Crippen LogP) is 3.69. The van der Waals surface area contributed by atoms with E-state index in [1.54, 1.807) is 6.20 Å². The summed E-state index contributed by atoms with van der Waals surface area (Å²) in [5, 5.41) is 0.542. The second kappa shape index (κ2) is 6.81. The maximum Gasteiger partial charge on any atom is 0.134 e. The van der Waals surface area contributed by atoms with Crippen molar-refractivity contribution in [1.82, 2.24) is 4.98 Å². The number of pyridine rings is 1. The topological polar surface area (TPSA) is 22.1 Å². The molecule has 1 aromatic heterocycles. The molecule has 0 aliphatic rings. The molecular formula is C12H18ClNO. The third kappa shape index (κ3) is 4.63. The van der Waals surface area contributed by atoms with Crippen LogP contribution in [0, 0.1) is 5.92 Å². The van der Waals surface area contributed by atoms with E-state index >= 15 is 0 Å². The lowest BCUT2D eigenvalue weighted by molar-refractivity contribution is 0.0892. The van der Waals surface area contributed by atoms with Gasteiger partial charge in [-0.1, -0.05) is 37.9 Å². The van der Waals surface area contributed by atoms with Gasteiger partial charge in [0.2, 0.25) is 0 Å². The summed E-state index contributed by atoms with van der Waals surface area (Å²) in [7, 11) is 0. The van der Waals surface area contributed by atoms with E-state index in [1.807, 2.05) is 12.1 Å². The van der Waals surface area contributed by atoms with Crippen LogP contribution >= 0.6 is 11.6 Å². The van der Waals surface area contributed by atoms with Crippen molar-refractivity contribution < 1.29 is 4.74 Å². The van der Waals surface area contributed by atoms with E-state index in [-0.39, 0.29) is 0 Å². The second-order valence-corrected chi connectivity index (χ2v) is 4.22. The highest BCUT2D eigenvalue weighted by atomic mass is 35.5. The SMILES string of the molecule is CCCC(C)COCc1cccnc1Cl. The summed E-state index contributed by atoms with van der Waals surface area (Å²) in [6, 6.07) is 3.82. The van der Waals surface area contributed by atoms with Gasteiger partial charge in [0.1, 0.15) is 5.15 Å². The van der Waals surface area contributed by atoms with Crippen molar-refractivity contribution in [3.63, 3.8) is 0 Å². The van der Waals surface area contributed by atoms with Gasteiger partial charge < -0.3 is 4.74 Å². The van der Waals surface area contributed by atoms with Crippen molar-refractivity contribution >= 4 is 11.6 Å². The molecule has 0 radical (unpaired) electrons. The van der Waals surface area contributed by atoms with Crippen LogP contribution in [0.1, 0.15) is 32.3 Å². The molecular weight excluding hydrogens is 210 g/mol. The fourth-order valence-electron chi connectivity index (χ4n) is 1.47. The minimum absolute atomic E-state index is 0.542. The van der Waals surface area contributed by atoms with Gasteiger partial charge in [-0.15, -0.1) is 0 Å². The number of hydrogen-bond donors (Lipinski definition) is 0. The molecule has 0 saturated carbocycles. The standard InChI is InChI=1S/C12H18ClNO/c1-3-5-10(2)8-15-9-11-6-4-7-14-12(11)13/h4,6-7,10H,3,5,8-9H2,1-2H3. The number of nitrogens with zero attached hydrogens (tertiary/aromatic N) is 1. The highest BCUT2D eigenvalue weighted by Crippen LogP contribution is 2.13. The number of rotatable bonds is 6. The lowest BCUT2D eigenvalue weighted by Crippen LogP contribution is -2.05. The summed E-state index contributed by atoms with van der Waals surface area (Å²) in [6.07, 6.45) is 4.10. The zero-order valence-electron chi connectivity index (χ0n) is 9.37. The van der Waals surface area contributed by atoms with Gasteiger partial charge in [0.25, 0.3) is 0 Å². The number of hydrogen-bond acceptors (Lipinski definition) is 2. The Bertz CT molecular complexity index is 291. The van der Waals surface area contributed by atoms with Gasteiger partial charge in [-0.25, -0.2) is 4.98 Å². The maximum absolute atomic E-state index is 5.91. The minimum Gasteiger partial charge on any atom is -0.376 e. The highest BCUT2D eigenvalue weighted by Gasteiger charge is 2.03. The molecule has 0 amide bonds.